The van der Waals surface area contributed by atoms with Gasteiger partial charge in [0.15, 0.2) is 0 Å². The Kier molecular flexibility index (Phi) is 6.63. The Morgan fingerprint density at radius 1 is 1.47 bits per heavy atom. The number of ether oxygens (including phenoxy) is 1. The van der Waals surface area contributed by atoms with E-state index in [1.54, 1.807) is 11.8 Å². The molecular formula is C14H27NO3S. The van der Waals surface area contributed by atoms with Crippen LogP contribution in [0.3, 0.4) is 0 Å². The number of carbonyl (C=O) groups is 1. The van der Waals surface area contributed by atoms with Gasteiger partial charge in [0.25, 0.3) is 0 Å². The molecule has 0 aromatic rings. The van der Waals surface area contributed by atoms with Crippen molar-refractivity contribution in [3.63, 3.8) is 0 Å². The molecule has 19 heavy (non-hydrogen) atoms. The molecule has 5 heteroatoms. The quantitative estimate of drug-likeness (QED) is 0.632. The Hall–Kier alpha value is -0.260. The van der Waals surface area contributed by atoms with Gasteiger partial charge in [0, 0.05) is 18.4 Å². The number of esters is 1. The summed E-state index contributed by atoms with van der Waals surface area (Å²) in [7, 11) is 1.46. The summed E-state index contributed by atoms with van der Waals surface area (Å²) in [5.74, 6) is 2.08. The van der Waals surface area contributed by atoms with Crippen molar-refractivity contribution in [2.45, 2.75) is 45.2 Å². The van der Waals surface area contributed by atoms with E-state index in [1.165, 1.54) is 7.11 Å². The summed E-state index contributed by atoms with van der Waals surface area (Å²) in [4.78, 5) is 12.2. The van der Waals surface area contributed by atoms with Gasteiger partial charge in [0.2, 0.25) is 0 Å². The second-order valence-electron chi connectivity index (χ2n) is 5.84. The molecule has 0 bridgehead atoms. The Balaban J connectivity index is 2.69. The molecule has 1 aliphatic carbocycles. The lowest BCUT2D eigenvalue weighted by atomic mass is 9.94. The van der Waals surface area contributed by atoms with Crippen molar-refractivity contribution in [2.75, 3.05) is 25.2 Å². The molecule has 1 fully saturated rings. The molecule has 0 heterocycles. The van der Waals surface area contributed by atoms with Crippen molar-refractivity contribution in [2.24, 2.45) is 11.8 Å². The van der Waals surface area contributed by atoms with E-state index in [1.807, 2.05) is 6.92 Å². The lowest BCUT2D eigenvalue weighted by Gasteiger charge is -2.34. The summed E-state index contributed by atoms with van der Waals surface area (Å²) in [5.41, 5.74) is -0.553. The molecule has 2 unspecified atom stereocenters. The first-order valence-corrected chi connectivity index (χ1v) is 8.16. The predicted molar refractivity (Wildman–Crippen MR) is 79.3 cm³/mol. The van der Waals surface area contributed by atoms with E-state index in [9.17, 15) is 4.79 Å². The van der Waals surface area contributed by atoms with Crippen LogP contribution in [0.25, 0.3) is 0 Å². The molecule has 1 saturated carbocycles. The molecule has 0 aromatic heterocycles. The van der Waals surface area contributed by atoms with Crippen LogP contribution in [0.15, 0.2) is 0 Å². The average Bonchev–Trinajstić information content (AvgIpc) is 3.20. The molecule has 1 aliphatic rings. The van der Waals surface area contributed by atoms with Crippen LogP contribution in [0.5, 0.6) is 0 Å². The molecule has 2 N–H and O–H groups in total. The SMILES string of the molecule is COC(=O)C(CSCC(C)CO)(NC(C)C)C1CC1. The molecule has 0 saturated heterocycles. The minimum absolute atomic E-state index is 0.146. The second kappa shape index (κ2) is 7.50. The van der Waals surface area contributed by atoms with Crippen LogP contribution in [0.1, 0.15) is 33.6 Å². The highest BCUT2D eigenvalue weighted by molar-refractivity contribution is 7.99. The van der Waals surface area contributed by atoms with Crippen LogP contribution in [-0.2, 0) is 9.53 Å². The first-order chi connectivity index (χ1) is 8.96. The smallest absolute Gasteiger partial charge is 0.327 e. The second-order valence-corrected chi connectivity index (χ2v) is 6.87. The number of hydrogen-bond donors (Lipinski definition) is 2. The summed E-state index contributed by atoms with van der Waals surface area (Å²) in [6.45, 7) is 6.32. The standard InChI is InChI=1S/C14H27NO3S/c1-10(2)15-14(12-5-6-12,13(17)18-4)9-19-8-11(3)7-16/h10-12,15-16H,5-9H2,1-4H3. The van der Waals surface area contributed by atoms with E-state index >= 15 is 0 Å². The fourth-order valence-corrected chi connectivity index (χ4v) is 3.69. The highest BCUT2D eigenvalue weighted by atomic mass is 32.2. The minimum Gasteiger partial charge on any atom is -0.468 e. The zero-order chi connectivity index (χ0) is 14.5. The third kappa shape index (κ3) is 4.65. The van der Waals surface area contributed by atoms with E-state index in [0.29, 0.717) is 11.7 Å². The van der Waals surface area contributed by atoms with E-state index in [0.717, 1.165) is 18.6 Å². The van der Waals surface area contributed by atoms with E-state index in [2.05, 4.69) is 19.2 Å². The highest BCUT2D eigenvalue weighted by Gasteiger charge is 2.51. The Morgan fingerprint density at radius 3 is 2.53 bits per heavy atom. The molecule has 0 spiro atoms. The van der Waals surface area contributed by atoms with Crippen LogP contribution < -0.4 is 5.32 Å². The third-order valence-electron chi connectivity index (χ3n) is 3.41. The molecule has 1 rings (SSSR count). The average molecular weight is 289 g/mol. The van der Waals surface area contributed by atoms with Crippen LogP contribution in [0, 0.1) is 11.8 Å². The Morgan fingerprint density at radius 2 is 2.11 bits per heavy atom. The van der Waals surface area contributed by atoms with Gasteiger partial charge in [-0.2, -0.15) is 11.8 Å². The Bertz CT molecular complexity index is 294. The maximum atomic E-state index is 12.2. The van der Waals surface area contributed by atoms with Crippen molar-refractivity contribution in [1.29, 1.82) is 0 Å². The number of methoxy groups -OCH3 is 1. The minimum atomic E-state index is -0.553. The zero-order valence-corrected chi connectivity index (χ0v) is 13.3. The number of carbonyl (C=O) groups excluding carboxylic acids is 1. The van der Waals surface area contributed by atoms with Crippen molar-refractivity contribution in [3.8, 4) is 0 Å². The van der Waals surface area contributed by atoms with Gasteiger partial charge in [-0.3, -0.25) is 10.1 Å². The molecule has 0 amide bonds. The predicted octanol–water partition coefficient (Wildman–Crippen LogP) is 1.67. The molecule has 2 atom stereocenters. The first-order valence-electron chi connectivity index (χ1n) is 7.01. The van der Waals surface area contributed by atoms with Crippen LogP contribution >= 0.6 is 11.8 Å². The number of aliphatic hydroxyl groups is 1. The Labute approximate surface area is 120 Å². The van der Waals surface area contributed by atoms with Gasteiger partial charge in [0.1, 0.15) is 5.54 Å². The van der Waals surface area contributed by atoms with Crippen LogP contribution in [0.2, 0.25) is 0 Å². The van der Waals surface area contributed by atoms with E-state index in [4.69, 9.17) is 9.84 Å². The largest absolute Gasteiger partial charge is 0.468 e. The summed E-state index contributed by atoms with van der Waals surface area (Å²) in [6.07, 6.45) is 2.18. The molecular weight excluding hydrogens is 262 g/mol. The lowest BCUT2D eigenvalue weighted by molar-refractivity contribution is -0.148. The summed E-state index contributed by atoms with van der Waals surface area (Å²) in [6, 6.07) is 0.246. The van der Waals surface area contributed by atoms with Crippen molar-refractivity contribution >= 4 is 17.7 Å². The number of nitrogens with one attached hydrogen (secondary N) is 1. The fraction of sp³-hybridized carbons (Fsp3) is 0.929. The first kappa shape index (κ1) is 16.8. The number of aliphatic hydroxyl groups excluding tert-OH is 1. The topological polar surface area (TPSA) is 58.6 Å². The maximum absolute atomic E-state index is 12.2. The lowest BCUT2D eigenvalue weighted by Crippen LogP contribution is -2.59. The molecule has 112 valence electrons. The van der Waals surface area contributed by atoms with E-state index in [-0.39, 0.29) is 24.5 Å². The zero-order valence-electron chi connectivity index (χ0n) is 12.4. The van der Waals surface area contributed by atoms with Gasteiger partial charge in [-0.25, -0.2) is 0 Å². The van der Waals surface area contributed by atoms with Gasteiger partial charge in [-0.05, 0) is 44.3 Å². The molecule has 0 radical (unpaired) electrons. The normalized spacial score (nSPS) is 20.1. The molecule has 0 aromatic carbocycles. The summed E-state index contributed by atoms with van der Waals surface area (Å²) < 4.78 is 5.04. The maximum Gasteiger partial charge on any atom is 0.327 e. The fourth-order valence-electron chi connectivity index (χ4n) is 2.31. The monoisotopic (exact) mass is 289 g/mol. The van der Waals surface area contributed by atoms with Gasteiger partial charge < -0.3 is 9.84 Å². The van der Waals surface area contributed by atoms with Crippen molar-refractivity contribution < 1.29 is 14.6 Å². The highest BCUT2D eigenvalue weighted by Crippen LogP contribution is 2.42. The molecule has 0 aliphatic heterocycles. The number of thioether (sulfide) groups is 1. The van der Waals surface area contributed by atoms with Gasteiger partial charge in [-0.15, -0.1) is 0 Å². The number of hydrogen-bond acceptors (Lipinski definition) is 5. The van der Waals surface area contributed by atoms with Crippen LogP contribution in [0.4, 0.5) is 0 Å². The van der Waals surface area contributed by atoms with Gasteiger partial charge in [0.05, 0.1) is 7.11 Å². The van der Waals surface area contributed by atoms with Crippen molar-refractivity contribution in [3.05, 3.63) is 0 Å². The number of rotatable bonds is 9. The molecule has 4 nitrogen and oxygen atoms in total. The summed E-state index contributed by atoms with van der Waals surface area (Å²) >= 11 is 1.72. The summed E-state index contributed by atoms with van der Waals surface area (Å²) in [5, 5.41) is 12.5. The van der Waals surface area contributed by atoms with Gasteiger partial charge in [-0.1, -0.05) is 6.92 Å². The van der Waals surface area contributed by atoms with Crippen molar-refractivity contribution in [1.82, 2.24) is 5.32 Å². The third-order valence-corrected chi connectivity index (χ3v) is 4.88. The van der Waals surface area contributed by atoms with E-state index < -0.39 is 5.54 Å². The van der Waals surface area contributed by atoms with Gasteiger partial charge >= 0.3 is 5.97 Å². The van der Waals surface area contributed by atoms with Crippen LogP contribution in [-0.4, -0.2) is 47.9 Å².